The average Bonchev–Trinajstić information content (AvgIpc) is 2.79. The molecule has 1 rings (SSSR count). The average molecular weight is 324 g/mol. The molecule has 0 saturated heterocycles. The maximum Gasteiger partial charge on any atom is 0.410 e. The van der Waals surface area contributed by atoms with Crippen molar-refractivity contribution in [1.29, 1.82) is 0 Å². The molecule has 132 valence electrons. The smallest absolute Gasteiger partial charge is 0.405 e. The van der Waals surface area contributed by atoms with E-state index in [0.29, 0.717) is 18.0 Å². The second-order valence-electron chi connectivity index (χ2n) is 6.07. The van der Waals surface area contributed by atoms with Crippen LogP contribution in [-0.2, 0) is 6.42 Å². The van der Waals surface area contributed by atoms with Crippen LogP contribution in [0.2, 0.25) is 0 Å². The van der Waals surface area contributed by atoms with Crippen LogP contribution in [0.4, 0.5) is 10.6 Å². The Bertz CT molecular complexity index is 485. The fourth-order valence-corrected chi connectivity index (χ4v) is 2.90. The largest absolute Gasteiger partial charge is 0.410 e. The number of ether oxygens (including phenoxy) is 1. The van der Waals surface area contributed by atoms with Crippen LogP contribution in [0.3, 0.4) is 0 Å². The highest BCUT2D eigenvalue weighted by molar-refractivity contribution is 5.71. The van der Waals surface area contributed by atoms with Crippen molar-refractivity contribution in [3.63, 3.8) is 0 Å². The monoisotopic (exact) mass is 324 g/mol. The zero-order valence-electron chi connectivity index (χ0n) is 14.8. The van der Waals surface area contributed by atoms with Gasteiger partial charge in [-0.15, -0.1) is 0 Å². The zero-order valence-corrected chi connectivity index (χ0v) is 14.8. The van der Waals surface area contributed by atoms with Gasteiger partial charge in [-0.3, -0.25) is 0 Å². The Balaban J connectivity index is 2.97. The van der Waals surface area contributed by atoms with Crippen molar-refractivity contribution in [1.82, 2.24) is 9.78 Å². The molecule has 0 spiro atoms. The predicted molar refractivity (Wildman–Crippen MR) is 93.5 cm³/mol. The second-order valence-corrected chi connectivity index (χ2v) is 6.07. The Kier molecular flexibility index (Phi) is 8.51. The first-order valence-corrected chi connectivity index (χ1v) is 8.89. The number of carbonyl (C=O) groups is 1. The van der Waals surface area contributed by atoms with Crippen molar-refractivity contribution in [2.75, 3.05) is 5.73 Å². The van der Waals surface area contributed by atoms with Crippen molar-refractivity contribution in [3.8, 4) is 5.75 Å². The third kappa shape index (κ3) is 5.77. The van der Waals surface area contributed by atoms with E-state index in [1.807, 2.05) is 4.68 Å². The summed E-state index contributed by atoms with van der Waals surface area (Å²) in [5, 5.41) is 4.63. The zero-order chi connectivity index (χ0) is 17.2. The van der Waals surface area contributed by atoms with Crippen molar-refractivity contribution < 1.29 is 9.53 Å². The molecule has 0 aliphatic heterocycles. The van der Waals surface area contributed by atoms with Crippen molar-refractivity contribution in [2.24, 2.45) is 5.73 Å². The Hall–Kier alpha value is -1.72. The topological polar surface area (TPSA) is 96.2 Å². The number of hydrogen-bond acceptors (Lipinski definition) is 4. The number of nitrogen functional groups attached to an aromatic ring is 1. The number of anilines is 1. The third-order valence-corrected chi connectivity index (χ3v) is 4.02. The fraction of sp³-hybridized carbons (Fsp3) is 0.765. The van der Waals surface area contributed by atoms with E-state index in [0.717, 1.165) is 37.8 Å². The highest BCUT2D eigenvalue weighted by Crippen LogP contribution is 2.33. The standard InChI is InChI=1S/C17H32N4O2/c1-4-7-8-9-12-13(10-5-2)21-16(18)15(23-17(19)22)14(20-21)11-6-3/h13H,4-12,18H2,1-3H3,(H2,19,22). The first-order chi connectivity index (χ1) is 11.0. The number of aryl methyl sites for hydroxylation is 1. The summed E-state index contributed by atoms with van der Waals surface area (Å²) in [6.07, 6.45) is 8.76. The Morgan fingerprint density at radius 3 is 2.43 bits per heavy atom. The van der Waals surface area contributed by atoms with Gasteiger partial charge in [0.05, 0.1) is 6.04 Å². The van der Waals surface area contributed by atoms with Crippen LogP contribution in [0.15, 0.2) is 0 Å². The van der Waals surface area contributed by atoms with Crippen LogP contribution in [0, 0.1) is 0 Å². The van der Waals surface area contributed by atoms with Crippen LogP contribution >= 0.6 is 0 Å². The van der Waals surface area contributed by atoms with Crippen LogP contribution in [-0.4, -0.2) is 15.9 Å². The highest BCUT2D eigenvalue weighted by Gasteiger charge is 2.23. The van der Waals surface area contributed by atoms with Crippen LogP contribution in [0.25, 0.3) is 0 Å². The molecule has 6 heteroatoms. The van der Waals surface area contributed by atoms with Gasteiger partial charge < -0.3 is 16.2 Å². The van der Waals surface area contributed by atoms with Gasteiger partial charge in [-0.05, 0) is 19.3 Å². The van der Waals surface area contributed by atoms with Gasteiger partial charge >= 0.3 is 6.09 Å². The molecule has 1 amide bonds. The summed E-state index contributed by atoms with van der Waals surface area (Å²) >= 11 is 0. The van der Waals surface area contributed by atoms with Gasteiger partial charge in [0.2, 0.25) is 0 Å². The number of unbranched alkanes of at least 4 members (excludes halogenated alkanes) is 3. The lowest BCUT2D eigenvalue weighted by Gasteiger charge is -2.18. The van der Waals surface area contributed by atoms with Crippen LogP contribution < -0.4 is 16.2 Å². The first kappa shape index (κ1) is 19.3. The van der Waals surface area contributed by atoms with Gasteiger partial charge in [-0.25, -0.2) is 9.48 Å². The molecule has 1 aromatic heterocycles. The molecule has 0 bridgehead atoms. The molecule has 1 heterocycles. The summed E-state index contributed by atoms with van der Waals surface area (Å²) in [5.74, 6) is 0.759. The van der Waals surface area contributed by atoms with E-state index in [-0.39, 0.29) is 6.04 Å². The predicted octanol–water partition coefficient (Wildman–Crippen LogP) is 4.19. The number of primary amides is 1. The summed E-state index contributed by atoms with van der Waals surface area (Å²) in [5.41, 5.74) is 12.1. The molecule has 0 radical (unpaired) electrons. The minimum Gasteiger partial charge on any atom is -0.405 e. The summed E-state index contributed by atoms with van der Waals surface area (Å²) in [6, 6.07) is 0.248. The van der Waals surface area contributed by atoms with Crippen molar-refractivity contribution in [3.05, 3.63) is 5.69 Å². The quantitative estimate of drug-likeness (QED) is 0.596. The number of hydrogen-bond donors (Lipinski definition) is 2. The summed E-state index contributed by atoms with van der Waals surface area (Å²) in [7, 11) is 0. The van der Waals surface area contributed by atoms with E-state index in [1.165, 1.54) is 19.3 Å². The highest BCUT2D eigenvalue weighted by atomic mass is 16.5. The van der Waals surface area contributed by atoms with E-state index in [9.17, 15) is 4.79 Å². The molecule has 0 aromatic carbocycles. The Morgan fingerprint density at radius 1 is 1.13 bits per heavy atom. The van der Waals surface area contributed by atoms with Gasteiger partial charge in [0, 0.05) is 0 Å². The minimum absolute atomic E-state index is 0.248. The number of nitrogens with zero attached hydrogens (tertiary/aromatic N) is 2. The molecule has 1 aromatic rings. The van der Waals surface area contributed by atoms with Crippen molar-refractivity contribution >= 4 is 11.9 Å². The Morgan fingerprint density at radius 2 is 1.87 bits per heavy atom. The van der Waals surface area contributed by atoms with E-state index >= 15 is 0 Å². The Labute approximate surface area is 139 Å². The lowest BCUT2D eigenvalue weighted by molar-refractivity contribution is 0.210. The van der Waals surface area contributed by atoms with Crippen LogP contribution in [0.5, 0.6) is 5.75 Å². The molecule has 6 nitrogen and oxygen atoms in total. The number of carbonyl (C=O) groups excluding carboxylic acids is 1. The molecule has 0 aliphatic carbocycles. The molecule has 1 unspecified atom stereocenters. The lowest BCUT2D eigenvalue weighted by Crippen LogP contribution is -2.18. The summed E-state index contributed by atoms with van der Waals surface area (Å²) < 4.78 is 6.96. The molecular weight excluding hydrogens is 292 g/mol. The van der Waals surface area contributed by atoms with Gasteiger partial charge in [0.15, 0.2) is 11.6 Å². The van der Waals surface area contributed by atoms with Crippen molar-refractivity contribution in [2.45, 2.75) is 84.6 Å². The van der Waals surface area contributed by atoms with E-state index < -0.39 is 6.09 Å². The van der Waals surface area contributed by atoms with Gasteiger partial charge in [-0.2, -0.15) is 5.10 Å². The van der Waals surface area contributed by atoms with Gasteiger partial charge in [0.25, 0.3) is 0 Å². The lowest BCUT2D eigenvalue weighted by atomic mass is 10.0. The molecule has 4 N–H and O–H groups in total. The molecule has 0 fully saturated rings. The molecular formula is C17H32N4O2. The van der Waals surface area contributed by atoms with Gasteiger partial charge in [0.1, 0.15) is 5.69 Å². The SMILES string of the molecule is CCCCCCC(CCC)n1nc(CCC)c(OC(N)=O)c1N. The third-order valence-electron chi connectivity index (χ3n) is 4.02. The molecule has 1 atom stereocenters. The maximum absolute atomic E-state index is 11.1. The summed E-state index contributed by atoms with van der Waals surface area (Å²) in [4.78, 5) is 11.1. The van der Waals surface area contributed by atoms with Gasteiger partial charge in [-0.1, -0.05) is 59.3 Å². The second kappa shape index (κ2) is 10.1. The molecule has 23 heavy (non-hydrogen) atoms. The molecule has 0 saturated carbocycles. The van der Waals surface area contributed by atoms with E-state index in [1.54, 1.807) is 0 Å². The molecule has 0 aliphatic rings. The normalized spacial score (nSPS) is 12.3. The van der Waals surface area contributed by atoms with E-state index in [4.69, 9.17) is 16.2 Å². The van der Waals surface area contributed by atoms with Crippen LogP contribution in [0.1, 0.15) is 83.9 Å². The fourth-order valence-electron chi connectivity index (χ4n) is 2.90. The maximum atomic E-state index is 11.1. The summed E-state index contributed by atoms with van der Waals surface area (Å²) in [6.45, 7) is 6.42. The number of amides is 1. The van der Waals surface area contributed by atoms with E-state index in [2.05, 4.69) is 25.9 Å². The number of rotatable bonds is 11. The minimum atomic E-state index is -0.844. The number of nitrogens with two attached hydrogens (primary N) is 2. The first-order valence-electron chi connectivity index (χ1n) is 8.89. The number of aromatic nitrogens is 2.